The molecule has 0 saturated carbocycles. The molecule has 2 N–H and O–H groups in total. The van der Waals surface area contributed by atoms with Crippen LogP contribution in [0.1, 0.15) is 11.7 Å². The van der Waals surface area contributed by atoms with Crippen LogP contribution in [0.5, 0.6) is 11.5 Å². The van der Waals surface area contributed by atoms with Crippen LogP contribution in [0.4, 0.5) is 22.0 Å². The standard InChI is InChI=1S/C10H7F5O5/c11-9(12)19-4-1-2-5(7(16)8(17)18)6(3-4)20-10(13,14)15/h1-3,7,9,16H,(H,17,18). The molecule has 1 atom stereocenters. The van der Waals surface area contributed by atoms with E-state index in [1.165, 1.54) is 0 Å². The van der Waals surface area contributed by atoms with E-state index < -0.39 is 42.1 Å². The molecule has 0 aliphatic carbocycles. The Bertz CT molecular complexity index is 487. The van der Waals surface area contributed by atoms with Crippen molar-refractivity contribution in [2.75, 3.05) is 0 Å². The summed E-state index contributed by atoms with van der Waals surface area (Å²) in [5.41, 5.74) is -0.753. The topological polar surface area (TPSA) is 76.0 Å². The lowest BCUT2D eigenvalue weighted by atomic mass is 10.1. The molecule has 1 rings (SSSR count). The second-order valence-corrected chi connectivity index (χ2v) is 3.37. The van der Waals surface area contributed by atoms with E-state index in [2.05, 4.69) is 9.47 Å². The minimum atomic E-state index is -5.20. The predicted molar refractivity (Wildman–Crippen MR) is 52.4 cm³/mol. The molecule has 0 saturated heterocycles. The zero-order valence-corrected chi connectivity index (χ0v) is 9.40. The van der Waals surface area contributed by atoms with Gasteiger partial charge in [-0.25, -0.2) is 4.79 Å². The van der Waals surface area contributed by atoms with Crippen molar-refractivity contribution in [1.82, 2.24) is 0 Å². The molecular weight excluding hydrogens is 295 g/mol. The lowest BCUT2D eigenvalue weighted by Crippen LogP contribution is -2.20. The molecule has 1 unspecified atom stereocenters. The maximum Gasteiger partial charge on any atom is 0.573 e. The molecule has 5 nitrogen and oxygen atoms in total. The van der Waals surface area contributed by atoms with E-state index in [9.17, 15) is 31.9 Å². The van der Waals surface area contributed by atoms with Crippen molar-refractivity contribution in [3.63, 3.8) is 0 Å². The van der Waals surface area contributed by atoms with Crippen LogP contribution < -0.4 is 9.47 Å². The van der Waals surface area contributed by atoms with E-state index in [0.29, 0.717) is 12.1 Å². The fraction of sp³-hybridized carbons (Fsp3) is 0.300. The number of ether oxygens (including phenoxy) is 2. The minimum Gasteiger partial charge on any atom is -0.479 e. The van der Waals surface area contributed by atoms with E-state index in [0.717, 1.165) is 6.07 Å². The van der Waals surface area contributed by atoms with Gasteiger partial charge < -0.3 is 19.7 Å². The van der Waals surface area contributed by atoms with Gasteiger partial charge in [0, 0.05) is 11.6 Å². The first-order valence-corrected chi connectivity index (χ1v) is 4.85. The third-order valence-corrected chi connectivity index (χ3v) is 1.96. The van der Waals surface area contributed by atoms with Crippen molar-refractivity contribution in [2.45, 2.75) is 19.1 Å². The van der Waals surface area contributed by atoms with Gasteiger partial charge in [-0.3, -0.25) is 0 Å². The number of aliphatic hydroxyl groups is 1. The second kappa shape index (κ2) is 5.90. The third-order valence-electron chi connectivity index (χ3n) is 1.96. The molecule has 0 aliphatic rings. The number of hydrogen-bond donors (Lipinski definition) is 2. The molecule has 0 fully saturated rings. The molecule has 0 bridgehead atoms. The summed E-state index contributed by atoms with van der Waals surface area (Å²) in [4.78, 5) is 10.5. The highest BCUT2D eigenvalue weighted by Crippen LogP contribution is 2.34. The minimum absolute atomic E-state index is 0.404. The summed E-state index contributed by atoms with van der Waals surface area (Å²) in [6.45, 7) is -3.29. The van der Waals surface area contributed by atoms with Gasteiger partial charge in [0.15, 0.2) is 6.10 Å². The van der Waals surface area contributed by atoms with Crippen LogP contribution in [0.25, 0.3) is 0 Å². The summed E-state index contributed by atoms with van der Waals surface area (Å²) in [6.07, 6.45) is -7.51. The van der Waals surface area contributed by atoms with Gasteiger partial charge in [0.05, 0.1) is 0 Å². The Balaban J connectivity index is 3.19. The fourth-order valence-electron chi connectivity index (χ4n) is 1.26. The van der Waals surface area contributed by atoms with E-state index >= 15 is 0 Å². The molecule has 0 heterocycles. The Morgan fingerprint density at radius 2 is 1.85 bits per heavy atom. The molecule has 1 aromatic carbocycles. The molecule has 0 radical (unpaired) electrons. The number of aliphatic hydroxyl groups excluding tert-OH is 1. The third kappa shape index (κ3) is 4.53. The molecule has 112 valence electrons. The van der Waals surface area contributed by atoms with Gasteiger partial charge in [-0.05, 0) is 12.1 Å². The van der Waals surface area contributed by atoms with Gasteiger partial charge in [-0.2, -0.15) is 8.78 Å². The van der Waals surface area contributed by atoms with Gasteiger partial charge in [0.25, 0.3) is 0 Å². The Morgan fingerprint density at radius 1 is 1.25 bits per heavy atom. The molecule has 0 aliphatic heterocycles. The number of carboxylic acid groups (broad SMARTS) is 1. The van der Waals surface area contributed by atoms with Crippen LogP contribution in [0, 0.1) is 0 Å². The monoisotopic (exact) mass is 302 g/mol. The quantitative estimate of drug-likeness (QED) is 0.816. The van der Waals surface area contributed by atoms with Crippen molar-refractivity contribution in [3.05, 3.63) is 23.8 Å². The first kappa shape index (κ1) is 16.0. The van der Waals surface area contributed by atoms with Crippen LogP contribution in [0.15, 0.2) is 18.2 Å². The lowest BCUT2D eigenvalue weighted by molar-refractivity contribution is -0.275. The van der Waals surface area contributed by atoms with E-state index in [1.54, 1.807) is 0 Å². The summed E-state index contributed by atoms with van der Waals surface area (Å²) in [7, 11) is 0. The fourth-order valence-corrected chi connectivity index (χ4v) is 1.26. The summed E-state index contributed by atoms with van der Waals surface area (Å²) in [5, 5.41) is 17.7. The molecule has 10 heteroatoms. The summed E-state index contributed by atoms with van der Waals surface area (Å²) < 4.78 is 67.6. The summed E-state index contributed by atoms with van der Waals surface area (Å²) >= 11 is 0. The maximum atomic E-state index is 12.1. The maximum absolute atomic E-state index is 12.1. The van der Waals surface area contributed by atoms with Gasteiger partial charge in [-0.15, -0.1) is 13.2 Å². The molecule has 0 aromatic heterocycles. The zero-order chi connectivity index (χ0) is 15.5. The largest absolute Gasteiger partial charge is 0.573 e. The first-order valence-electron chi connectivity index (χ1n) is 4.85. The van der Waals surface area contributed by atoms with E-state index in [4.69, 9.17) is 5.11 Å². The first-order chi connectivity index (χ1) is 9.10. The normalized spacial score (nSPS) is 13.2. The summed E-state index contributed by atoms with van der Waals surface area (Å²) in [5.74, 6) is -3.66. The molecule has 1 aromatic rings. The summed E-state index contributed by atoms with van der Waals surface area (Å²) in [6, 6.07) is 1.86. The average Bonchev–Trinajstić information content (AvgIpc) is 2.25. The molecule has 20 heavy (non-hydrogen) atoms. The van der Waals surface area contributed by atoms with Gasteiger partial charge in [0.2, 0.25) is 0 Å². The molecule has 0 spiro atoms. The Labute approximate surface area is 108 Å². The lowest BCUT2D eigenvalue weighted by Gasteiger charge is -2.16. The van der Waals surface area contributed by atoms with Gasteiger partial charge in [-0.1, -0.05) is 0 Å². The number of carboxylic acids is 1. The second-order valence-electron chi connectivity index (χ2n) is 3.37. The number of benzene rings is 1. The number of alkyl halides is 5. The van der Waals surface area contributed by atoms with Crippen molar-refractivity contribution < 1.29 is 46.4 Å². The van der Waals surface area contributed by atoms with Crippen LogP contribution in [0.3, 0.4) is 0 Å². The average molecular weight is 302 g/mol. The SMILES string of the molecule is O=C(O)C(O)c1ccc(OC(F)F)cc1OC(F)(F)F. The van der Waals surface area contributed by atoms with Crippen molar-refractivity contribution in [3.8, 4) is 11.5 Å². The Hall–Kier alpha value is -2.10. The van der Waals surface area contributed by atoms with E-state index in [1.807, 2.05) is 0 Å². The van der Waals surface area contributed by atoms with Crippen molar-refractivity contribution in [1.29, 1.82) is 0 Å². The van der Waals surface area contributed by atoms with Crippen LogP contribution >= 0.6 is 0 Å². The van der Waals surface area contributed by atoms with Crippen molar-refractivity contribution in [2.24, 2.45) is 0 Å². The Morgan fingerprint density at radius 3 is 2.30 bits per heavy atom. The van der Waals surface area contributed by atoms with Gasteiger partial charge >= 0.3 is 18.9 Å². The predicted octanol–water partition coefficient (Wildman–Crippen LogP) is 2.30. The zero-order valence-electron chi connectivity index (χ0n) is 9.40. The van der Waals surface area contributed by atoms with Crippen LogP contribution in [0.2, 0.25) is 0 Å². The smallest absolute Gasteiger partial charge is 0.479 e. The number of halogens is 5. The van der Waals surface area contributed by atoms with Crippen molar-refractivity contribution >= 4 is 5.97 Å². The van der Waals surface area contributed by atoms with Crippen LogP contribution in [-0.2, 0) is 4.79 Å². The molecular formula is C10H7F5O5. The number of aliphatic carboxylic acids is 1. The number of rotatable bonds is 5. The number of carbonyl (C=O) groups is 1. The van der Waals surface area contributed by atoms with E-state index in [-0.39, 0.29) is 0 Å². The van der Waals surface area contributed by atoms with Crippen LogP contribution in [-0.4, -0.2) is 29.2 Å². The highest BCUT2D eigenvalue weighted by atomic mass is 19.4. The highest BCUT2D eigenvalue weighted by Gasteiger charge is 2.34. The Kier molecular flexibility index (Phi) is 4.71. The number of hydrogen-bond acceptors (Lipinski definition) is 4. The highest BCUT2D eigenvalue weighted by molar-refractivity contribution is 5.75. The molecule has 0 amide bonds. The van der Waals surface area contributed by atoms with Gasteiger partial charge in [0.1, 0.15) is 11.5 Å².